The maximum Gasteiger partial charge on any atom is 0.253 e. The quantitative estimate of drug-likeness (QED) is 0.580. The normalized spacial score (nSPS) is 14.3. The fourth-order valence-corrected chi connectivity index (χ4v) is 3.94. The molecule has 1 fully saturated rings. The Morgan fingerprint density at radius 2 is 1.82 bits per heavy atom. The number of carbonyl (C=O) groups excluding carboxylic acids is 2. The van der Waals surface area contributed by atoms with Gasteiger partial charge < -0.3 is 14.2 Å². The van der Waals surface area contributed by atoms with Gasteiger partial charge in [0.25, 0.3) is 5.91 Å². The lowest BCUT2D eigenvalue weighted by Crippen LogP contribution is -2.37. The molecule has 33 heavy (non-hydrogen) atoms. The van der Waals surface area contributed by atoms with Crippen molar-refractivity contribution >= 4 is 11.8 Å². The number of nitrogens with zero attached hydrogens (tertiary/aromatic N) is 3. The predicted octanol–water partition coefficient (Wildman–Crippen LogP) is 4.24. The summed E-state index contributed by atoms with van der Waals surface area (Å²) in [5, 5.41) is 0. The monoisotopic (exact) mass is 453 g/mol. The molecular weight excluding hydrogens is 428 g/mol. The number of oxazole rings is 1. The largest absolute Gasteiger partial charge is 0.441 e. The summed E-state index contributed by atoms with van der Waals surface area (Å²) in [5.41, 5.74) is 1.81. The van der Waals surface area contributed by atoms with Crippen molar-refractivity contribution in [3.63, 3.8) is 0 Å². The maximum atomic E-state index is 13.9. The standard InChI is InChI=1S/C25H25F2N3O3/c1-17-4-2-5-18(14-17)25(32)30-11-3-10-29(12-13-30)24(31)9-8-23-28-16-22(33-23)20-7-6-19(26)15-21(20)27/h2,4-7,14-16H,3,8-13H2,1H3. The van der Waals surface area contributed by atoms with Crippen molar-refractivity contribution in [1.29, 1.82) is 0 Å². The molecule has 3 aromatic rings. The summed E-state index contributed by atoms with van der Waals surface area (Å²) in [6.07, 6.45) is 2.54. The highest BCUT2D eigenvalue weighted by atomic mass is 19.1. The van der Waals surface area contributed by atoms with Crippen LogP contribution in [-0.4, -0.2) is 52.8 Å². The van der Waals surface area contributed by atoms with Crippen molar-refractivity contribution in [3.05, 3.63) is 77.3 Å². The molecule has 0 N–H and O–H groups in total. The van der Waals surface area contributed by atoms with Gasteiger partial charge in [-0.25, -0.2) is 13.8 Å². The first kappa shape index (κ1) is 22.6. The molecule has 0 unspecified atom stereocenters. The Labute approximate surface area is 190 Å². The molecule has 0 radical (unpaired) electrons. The van der Waals surface area contributed by atoms with Gasteiger partial charge in [-0.1, -0.05) is 17.7 Å². The minimum absolute atomic E-state index is 0.0201. The zero-order valence-electron chi connectivity index (χ0n) is 18.4. The Kier molecular flexibility index (Phi) is 6.82. The molecule has 1 aliphatic heterocycles. The second-order valence-electron chi connectivity index (χ2n) is 8.14. The first-order valence-electron chi connectivity index (χ1n) is 10.9. The van der Waals surface area contributed by atoms with Gasteiger partial charge in [0.1, 0.15) is 11.6 Å². The minimum atomic E-state index is -0.733. The van der Waals surface area contributed by atoms with E-state index in [1.165, 1.54) is 12.3 Å². The molecule has 0 saturated carbocycles. The van der Waals surface area contributed by atoms with Crippen LogP contribution in [0.3, 0.4) is 0 Å². The van der Waals surface area contributed by atoms with E-state index < -0.39 is 11.6 Å². The number of amides is 2. The van der Waals surface area contributed by atoms with Gasteiger partial charge in [0.15, 0.2) is 11.7 Å². The highest BCUT2D eigenvalue weighted by Crippen LogP contribution is 2.24. The van der Waals surface area contributed by atoms with E-state index in [4.69, 9.17) is 4.42 Å². The first-order chi connectivity index (χ1) is 15.9. The van der Waals surface area contributed by atoms with E-state index in [9.17, 15) is 18.4 Å². The van der Waals surface area contributed by atoms with Gasteiger partial charge in [0.2, 0.25) is 5.91 Å². The van der Waals surface area contributed by atoms with Gasteiger partial charge in [0.05, 0.1) is 11.8 Å². The Morgan fingerprint density at radius 3 is 2.61 bits per heavy atom. The van der Waals surface area contributed by atoms with Gasteiger partial charge in [-0.2, -0.15) is 0 Å². The van der Waals surface area contributed by atoms with Crippen LogP contribution >= 0.6 is 0 Å². The molecule has 0 bridgehead atoms. The van der Waals surface area contributed by atoms with Crippen LogP contribution in [0.15, 0.2) is 53.1 Å². The maximum absolute atomic E-state index is 13.9. The molecule has 1 aromatic heterocycles. The predicted molar refractivity (Wildman–Crippen MR) is 118 cm³/mol. The lowest BCUT2D eigenvalue weighted by Gasteiger charge is -2.22. The van der Waals surface area contributed by atoms with E-state index in [1.54, 1.807) is 9.80 Å². The molecular formula is C25H25F2N3O3. The Hall–Kier alpha value is -3.55. The van der Waals surface area contributed by atoms with E-state index in [2.05, 4.69) is 4.98 Å². The van der Waals surface area contributed by atoms with Gasteiger partial charge in [-0.15, -0.1) is 0 Å². The van der Waals surface area contributed by atoms with Crippen molar-refractivity contribution in [2.45, 2.75) is 26.2 Å². The molecule has 172 valence electrons. The summed E-state index contributed by atoms with van der Waals surface area (Å²) >= 11 is 0. The topological polar surface area (TPSA) is 66.7 Å². The lowest BCUT2D eigenvalue weighted by atomic mass is 10.1. The molecule has 2 amide bonds. The summed E-state index contributed by atoms with van der Waals surface area (Å²) in [7, 11) is 0. The molecule has 1 saturated heterocycles. The smallest absolute Gasteiger partial charge is 0.253 e. The van der Waals surface area contributed by atoms with Gasteiger partial charge in [-0.05, 0) is 37.6 Å². The molecule has 4 rings (SSSR count). The summed E-state index contributed by atoms with van der Waals surface area (Å²) in [6, 6.07) is 10.7. The highest BCUT2D eigenvalue weighted by molar-refractivity contribution is 5.94. The third kappa shape index (κ3) is 5.45. The SMILES string of the molecule is Cc1cccc(C(=O)N2CCCN(C(=O)CCc3ncc(-c4ccc(F)cc4F)o3)CC2)c1. The first-order valence-corrected chi connectivity index (χ1v) is 10.9. The van der Waals surface area contributed by atoms with Crippen LogP contribution in [0.2, 0.25) is 0 Å². The Bertz CT molecular complexity index is 1160. The molecule has 2 heterocycles. The zero-order valence-corrected chi connectivity index (χ0v) is 18.4. The Morgan fingerprint density at radius 1 is 1.03 bits per heavy atom. The van der Waals surface area contributed by atoms with Crippen molar-refractivity contribution in [1.82, 2.24) is 14.8 Å². The van der Waals surface area contributed by atoms with Gasteiger partial charge >= 0.3 is 0 Å². The van der Waals surface area contributed by atoms with Crippen LogP contribution in [0.1, 0.15) is 34.7 Å². The molecule has 8 heteroatoms. The second-order valence-corrected chi connectivity index (χ2v) is 8.14. The fraction of sp³-hybridized carbons (Fsp3) is 0.320. The molecule has 0 spiro atoms. The zero-order chi connectivity index (χ0) is 23.4. The second kappa shape index (κ2) is 9.94. The number of aromatic nitrogens is 1. The summed E-state index contributed by atoms with van der Waals surface area (Å²) in [6.45, 7) is 4.07. The number of benzene rings is 2. The molecule has 0 aliphatic carbocycles. The number of aryl methyl sites for hydroxylation is 2. The Balaban J connectivity index is 1.31. The van der Waals surface area contributed by atoms with Crippen LogP contribution in [0, 0.1) is 18.6 Å². The van der Waals surface area contributed by atoms with E-state index in [-0.39, 0.29) is 36.0 Å². The van der Waals surface area contributed by atoms with Crippen molar-refractivity contribution < 1.29 is 22.8 Å². The van der Waals surface area contributed by atoms with Crippen LogP contribution in [0.25, 0.3) is 11.3 Å². The fourth-order valence-electron chi connectivity index (χ4n) is 3.94. The van der Waals surface area contributed by atoms with Gasteiger partial charge in [-0.3, -0.25) is 9.59 Å². The van der Waals surface area contributed by atoms with Crippen LogP contribution < -0.4 is 0 Å². The molecule has 2 aromatic carbocycles. The number of hydrogen-bond donors (Lipinski definition) is 0. The summed E-state index contributed by atoms with van der Waals surface area (Å²) < 4.78 is 32.6. The van der Waals surface area contributed by atoms with E-state index in [1.807, 2.05) is 31.2 Å². The number of rotatable bonds is 5. The van der Waals surface area contributed by atoms with E-state index in [0.717, 1.165) is 17.7 Å². The minimum Gasteiger partial charge on any atom is -0.441 e. The van der Waals surface area contributed by atoms with E-state index >= 15 is 0 Å². The lowest BCUT2D eigenvalue weighted by molar-refractivity contribution is -0.131. The number of hydrogen-bond acceptors (Lipinski definition) is 4. The molecule has 0 atom stereocenters. The van der Waals surface area contributed by atoms with Crippen LogP contribution in [-0.2, 0) is 11.2 Å². The van der Waals surface area contributed by atoms with E-state index in [0.29, 0.717) is 44.1 Å². The third-order valence-corrected chi connectivity index (χ3v) is 5.70. The van der Waals surface area contributed by atoms with Gasteiger partial charge in [0, 0.05) is 50.7 Å². The molecule has 1 aliphatic rings. The number of carbonyl (C=O) groups is 2. The highest BCUT2D eigenvalue weighted by Gasteiger charge is 2.23. The van der Waals surface area contributed by atoms with Crippen molar-refractivity contribution in [2.75, 3.05) is 26.2 Å². The average molecular weight is 453 g/mol. The summed E-state index contributed by atoms with van der Waals surface area (Å²) in [5.74, 6) is -0.967. The summed E-state index contributed by atoms with van der Waals surface area (Å²) in [4.78, 5) is 33.2. The van der Waals surface area contributed by atoms with Crippen molar-refractivity contribution in [2.24, 2.45) is 0 Å². The molecule has 6 nitrogen and oxygen atoms in total. The average Bonchev–Trinajstić information content (AvgIpc) is 3.12. The number of halogens is 2. The van der Waals surface area contributed by atoms with Crippen molar-refractivity contribution in [3.8, 4) is 11.3 Å². The van der Waals surface area contributed by atoms with Crippen LogP contribution in [0.4, 0.5) is 8.78 Å². The van der Waals surface area contributed by atoms with Crippen LogP contribution in [0.5, 0.6) is 0 Å². The third-order valence-electron chi connectivity index (χ3n) is 5.70.